The zero-order valence-corrected chi connectivity index (χ0v) is 16.9. The van der Waals surface area contributed by atoms with Gasteiger partial charge < -0.3 is 15.2 Å². The van der Waals surface area contributed by atoms with Gasteiger partial charge in [-0.05, 0) is 12.8 Å². The number of hydrogen-bond donors (Lipinski definition) is 2. The summed E-state index contributed by atoms with van der Waals surface area (Å²) in [5.74, 6) is -1.74. The Morgan fingerprint density at radius 3 is 2.66 bits per heavy atom. The molecule has 0 radical (unpaired) electrons. The number of alkyl halides is 2. The van der Waals surface area contributed by atoms with E-state index in [2.05, 4.69) is 15.3 Å². The number of aromatic amines is 1. The summed E-state index contributed by atoms with van der Waals surface area (Å²) in [6.45, 7) is 5.97. The van der Waals surface area contributed by atoms with Gasteiger partial charge in [0, 0.05) is 43.9 Å². The molecule has 0 saturated carbocycles. The third-order valence-corrected chi connectivity index (χ3v) is 5.81. The van der Waals surface area contributed by atoms with E-state index in [0.717, 1.165) is 0 Å². The molecule has 1 aliphatic rings. The number of hydrogen-bond acceptors (Lipinski definition) is 5. The first-order valence-corrected chi connectivity index (χ1v) is 9.65. The highest BCUT2D eigenvalue weighted by Gasteiger charge is 2.39. The Balaban J connectivity index is 1.88. The summed E-state index contributed by atoms with van der Waals surface area (Å²) in [6.07, 6.45) is 1.57. The van der Waals surface area contributed by atoms with Crippen molar-refractivity contribution in [2.45, 2.75) is 39.2 Å². The van der Waals surface area contributed by atoms with Gasteiger partial charge in [0.05, 0.1) is 17.8 Å². The molecule has 1 fully saturated rings. The van der Waals surface area contributed by atoms with E-state index in [0.29, 0.717) is 28.0 Å². The smallest absolute Gasteiger partial charge is 0.266 e. The van der Waals surface area contributed by atoms with Crippen LogP contribution in [0.1, 0.15) is 33.2 Å². The van der Waals surface area contributed by atoms with Crippen molar-refractivity contribution in [1.29, 1.82) is 0 Å². The molecule has 0 aromatic carbocycles. The van der Waals surface area contributed by atoms with E-state index in [4.69, 9.17) is 5.73 Å². The highest BCUT2D eigenvalue weighted by atomic mass is 19.3. The van der Waals surface area contributed by atoms with E-state index in [-0.39, 0.29) is 42.8 Å². The summed E-state index contributed by atoms with van der Waals surface area (Å²) < 4.78 is 30.6. The van der Waals surface area contributed by atoms with E-state index < -0.39 is 5.92 Å². The first-order chi connectivity index (χ1) is 13.6. The van der Waals surface area contributed by atoms with Crippen molar-refractivity contribution in [2.24, 2.45) is 13.0 Å². The lowest BCUT2D eigenvalue weighted by atomic mass is 10.0. The molecule has 0 amide bonds. The molecule has 4 rings (SSSR count). The molecule has 3 aromatic rings. The fourth-order valence-electron chi connectivity index (χ4n) is 3.79. The number of nitrogens with one attached hydrogen (secondary N) is 1. The van der Waals surface area contributed by atoms with Crippen molar-refractivity contribution in [2.75, 3.05) is 23.7 Å². The van der Waals surface area contributed by atoms with Crippen LogP contribution in [0.15, 0.2) is 17.1 Å². The first-order valence-electron chi connectivity index (χ1n) is 9.65. The highest BCUT2D eigenvalue weighted by molar-refractivity contribution is 5.97. The van der Waals surface area contributed by atoms with Crippen molar-refractivity contribution in [3.05, 3.63) is 22.6 Å². The molecule has 0 bridgehead atoms. The number of H-pyrrole nitrogens is 1. The van der Waals surface area contributed by atoms with Gasteiger partial charge in [-0.1, -0.05) is 13.8 Å². The lowest BCUT2D eigenvalue weighted by Gasteiger charge is -2.20. The Kier molecular flexibility index (Phi) is 4.39. The molecule has 1 saturated heterocycles. The van der Waals surface area contributed by atoms with Gasteiger partial charge in [0.25, 0.3) is 11.5 Å². The molecule has 1 atom stereocenters. The van der Waals surface area contributed by atoms with Crippen LogP contribution in [0.3, 0.4) is 0 Å². The second kappa shape index (κ2) is 6.57. The van der Waals surface area contributed by atoms with Crippen LogP contribution in [0.25, 0.3) is 22.2 Å². The second-order valence-corrected chi connectivity index (χ2v) is 8.14. The molecule has 10 heteroatoms. The van der Waals surface area contributed by atoms with Crippen LogP contribution in [-0.2, 0) is 7.05 Å². The second-order valence-electron chi connectivity index (χ2n) is 8.14. The Morgan fingerprint density at radius 1 is 1.31 bits per heavy atom. The van der Waals surface area contributed by atoms with Crippen molar-refractivity contribution < 1.29 is 8.78 Å². The van der Waals surface area contributed by atoms with E-state index in [9.17, 15) is 13.6 Å². The van der Waals surface area contributed by atoms with Gasteiger partial charge >= 0.3 is 0 Å². The third-order valence-electron chi connectivity index (χ3n) is 5.81. The summed E-state index contributed by atoms with van der Waals surface area (Å²) in [5.41, 5.74) is 7.46. The van der Waals surface area contributed by atoms with Crippen molar-refractivity contribution in [1.82, 2.24) is 24.5 Å². The van der Waals surface area contributed by atoms with Crippen LogP contribution in [-0.4, -0.2) is 43.6 Å². The van der Waals surface area contributed by atoms with Crippen LogP contribution < -0.4 is 16.2 Å². The number of aromatic nitrogens is 5. The number of nitrogen functional groups attached to an aromatic ring is 1. The standard InChI is InChI=1S/C19H25F2N7O/c1-10(2)11(3)28-8-12(16-15(18(28)29)17(22)24-23-16)13-7-14(26(4)25-13)27-6-5-19(20,21)9-27/h7-8,10-11H,5-6,9H2,1-4H3,(H3,22,23,24). The Bertz CT molecular complexity index is 1130. The minimum Gasteiger partial charge on any atom is -0.382 e. The number of nitrogens with zero attached hydrogens (tertiary/aromatic N) is 5. The average molecular weight is 405 g/mol. The molecule has 8 nitrogen and oxygen atoms in total. The van der Waals surface area contributed by atoms with Gasteiger partial charge in [-0.2, -0.15) is 10.2 Å². The van der Waals surface area contributed by atoms with Crippen LogP contribution in [0.4, 0.5) is 20.4 Å². The summed E-state index contributed by atoms with van der Waals surface area (Å²) in [4.78, 5) is 14.6. The van der Waals surface area contributed by atoms with Crippen LogP contribution in [0, 0.1) is 5.92 Å². The van der Waals surface area contributed by atoms with Gasteiger partial charge in [-0.25, -0.2) is 8.78 Å². The predicted molar refractivity (Wildman–Crippen MR) is 108 cm³/mol. The van der Waals surface area contributed by atoms with E-state index >= 15 is 0 Å². The number of pyridine rings is 1. The summed E-state index contributed by atoms with van der Waals surface area (Å²) >= 11 is 0. The summed E-state index contributed by atoms with van der Waals surface area (Å²) in [7, 11) is 1.72. The molecule has 3 N–H and O–H groups in total. The highest BCUT2D eigenvalue weighted by Crippen LogP contribution is 2.34. The summed E-state index contributed by atoms with van der Waals surface area (Å²) in [6, 6.07) is 1.70. The van der Waals surface area contributed by atoms with E-state index in [1.54, 1.807) is 33.5 Å². The quantitative estimate of drug-likeness (QED) is 0.696. The lowest BCUT2D eigenvalue weighted by Crippen LogP contribution is -2.26. The zero-order valence-electron chi connectivity index (χ0n) is 16.9. The van der Waals surface area contributed by atoms with E-state index in [1.165, 1.54) is 0 Å². The van der Waals surface area contributed by atoms with Gasteiger partial charge in [-0.3, -0.25) is 14.6 Å². The number of fused-ring (bicyclic) bond motifs is 1. The maximum atomic E-state index is 13.7. The first kappa shape index (κ1) is 19.4. The molecule has 4 heterocycles. The average Bonchev–Trinajstić information content (AvgIpc) is 3.32. The molecule has 1 unspecified atom stereocenters. The molecule has 3 aromatic heterocycles. The predicted octanol–water partition coefficient (Wildman–Crippen LogP) is 2.77. The third kappa shape index (κ3) is 3.16. The molecule has 156 valence electrons. The fraction of sp³-hybridized carbons (Fsp3) is 0.526. The van der Waals surface area contributed by atoms with Crippen LogP contribution in [0.5, 0.6) is 0 Å². The maximum absolute atomic E-state index is 13.7. The number of rotatable bonds is 4. The fourth-order valence-corrected chi connectivity index (χ4v) is 3.79. The van der Waals surface area contributed by atoms with Crippen LogP contribution in [0.2, 0.25) is 0 Å². The number of nitrogens with two attached hydrogens (primary N) is 1. The van der Waals surface area contributed by atoms with E-state index in [1.807, 2.05) is 20.8 Å². The Labute approximate surface area is 166 Å². The minimum atomic E-state index is -2.70. The van der Waals surface area contributed by atoms with Gasteiger partial charge in [-0.15, -0.1) is 0 Å². The minimum absolute atomic E-state index is 0.0691. The van der Waals surface area contributed by atoms with Crippen molar-refractivity contribution >= 4 is 22.5 Å². The van der Waals surface area contributed by atoms with Gasteiger partial charge in [0.2, 0.25) is 0 Å². The molecule has 0 spiro atoms. The number of halogens is 2. The topological polar surface area (TPSA) is 97.8 Å². The Morgan fingerprint density at radius 2 is 2.03 bits per heavy atom. The number of anilines is 2. The normalized spacial score (nSPS) is 17.6. The maximum Gasteiger partial charge on any atom is 0.266 e. The molecule has 1 aliphatic heterocycles. The zero-order chi connectivity index (χ0) is 21.1. The molecule has 0 aliphatic carbocycles. The largest absolute Gasteiger partial charge is 0.382 e. The van der Waals surface area contributed by atoms with Gasteiger partial charge in [0.15, 0.2) is 5.82 Å². The molecule has 29 heavy (non-hydrogen) atoms. The molecular weight excluding hydrogens is 380 g/mol. The summed E-state index contributed by atoms with van der Waals surface area (Å²) in [5, 5.41) is 11.7. The van der Waals surface area contributed by atoms with Gasteiger partial charge in [0.1, 0.15) is 11.2 Å². The monoisotopic (exact) mass is 405 g/mol. The van der Waals surface area contributed by atoms with Crippen molar-refractivity contribution in [3.63, 3.8) is 0 Å². The van der Waals surface area contributed by atoms with Crippen LogP contribution >= 0.6 is 0 Å². The Hall–Kier alpha value is -2.91. The lowest BCUT2D eigenvalue weighted by molar-refractivity contribution is 0.0256. The SMILES string of the molecule is CC(C)C(C)n1cc(-c2cc(N3CCC(F)(F)C3)n(C)n2)c2[nH]nc(N)c2c1=O. The number of aryl methyl sites for hydroxylation is 1. The van der Waals surface area contributed by atoms with Crippen molar-refractivity contribution in [3.8, 4) is 11.3 Å². The molecular formula is C19H25F2N7O.